The van der Waals surface area contributed by atoms with Crippen LogP contribution in [0.5, 0.6) is 0 Å². The van der Waals surface area contributed by atoms with E-state index in [4.69, 9.17) is 4.99 Å². The van der Waals surface area contributed by atoms with Crippen LogP contribution in [-0.2, 0) is 6.54 Å². The van der Waals surface area contributed by atoms with Gasteiger partial charge in [0.1, 0.15) is 0 Å². The molecule has 5 nitrogen and oxygen atoms in total. The maximum absolute atomic E-state index is 4.83. The van der Waals surface area contributed by atoms with Crippen molar-refractivity contribution in [2.75, 3.05) is 19.6 Å². The molecule has 2 aromatic rings. The summed E-state index contributed by atoms with van der Waals surface area (Å²) in [6.45, 7) is 8.18. The highest BCUT2D eigenvalue weighted by atomic mass is 15.3. The Bertz CT molecular complexity index is 661. The first kappa shape index (κ1) is 16.6. The molecule has 1 fully saturated rings. The van der Waals surface area contributed by atoms with E-state index in [1.165, 1.54) is 12.8 Å². The van der Waals surface area contributed by atoms with Crippen LogP contribution in [-0.4, -0.2) is 40.3 Å². The zero-order valence-electron chi connectivity index (χ0n) is 14.7. The highest BCUT2D eigenvalue weighted by Crippen LogP contribution is 2.16. The predicted molar refractivity (Wildman–Crippen MR) is 98.4 cm³/mol. The maximum Gasteiger partial charge on any atom is 0.194 e. The molecule has 128 valence electrons. The Morgan fingerprint density at radius 3 is 2.92 bits per heavy atom. The zero-order valence-corrected chi connectivity index (χ0v) is 14.7. The third-order valence-electron chi connectivity index (χ3n) is 4.36. The second kappa shape index (κ2) is 7.99. The lowest BCUT2D eigenvalue weighted by Gasteiger charge is -2.33. The molecule has 1 saturated heterocycles. The molecule has 1 aromatic heterocycles. The average Bonchev–Trinajstić information content (AvgIpc) is 3.08. The number of hydrogen-bond acceptors (Lipinski definition) is 2. The van der Waals surface area contributed by atoms with Gasteiger partial charge < -0.3 is 10.2 Å². The van der Waals surface area contributed by atoms with Gasteiger partial charge in [0.05, 0.1) is 18.4 Å². The van der Waals surface area contributed by atoms with Gasteiger partial charge in [-0.05, 0) is 37.8 Å². The monoisotopic (exact) mass is 325 g/mol. The first-order chi connectivity index (χ1) is 11.8. The molecule has 24 heavy (non-hydrogen) atoms. The van der Waals surface area contributed by atoms with E-state index in [0.717, 1.165) is 42.8 Å². The van der Waals surface area contributed by atoms with Gasteiger partial charge in [-0.3, -0.25) is 0 Å². The van der Waals surface area contributed by atoms with Crippen LogP contribution >= 0.6 is 0 Å². The van der Waals surface area contributed by atoms with Gasteiger partial charge in [-0.25, -0.2) is 9.67 Å². The smallest absolute Gasteiger partial charge is 0.194 e. The van der Waals surface area contributed by atoms with Crippen molar-refractivity contribution in [1.29, 1.82) is 0 Å². The lowest BCUT2D eigenvalue weighted by atomic mass is 10.0. The van der Waals surface area contributed by atoms with Crippen molar-refractivity contribution >= 4 is 5.96 Å². The fourth-order valence-electron chi connectivity index (χ4n) is 3.14. The van der Waals surface area contributed by atoms with E-state index in [0.29, 0.717) is 6.54 Å². The number of likely N-dealkylation sites (tertiary alicyclic amines) is 1. The van der Waals surface area contributed by atoms with Crippen molar-refractivity contribution in [3.63, 3.8) is 0 Å². The summed E-state index contributed by atoms with van der Waals surface area (Å²) in [5.74, 6) is 1.76. The molecule has 0 amide bonds. The third-order valence-corrected chi connectivity index (χ3v) is 4.36. The molecular weight excluding hydrogens is 298 g/mol. The zero-order chi connectivity index (χ0) is 16.8. The Hall–Kier alpha value is -2.30. The van der Waals surface area contributed by atoms with Gasteiger partial charge in [0.2, 0.25) is 0 Å². The molecule has 0 radical (unpaired) electrons. The molecule has 0 saturated carbocycles. The lowest BCUT2D eigenvalue weighted by Crippen LogP contribution is -2.46. The van der Waals surface area contributed by atoms with Crippen molar-refractivity contribution in [3.8, 4) is 5.69 Å². The molecule has 1 aromatic carbocycles. The van der Waals surface area contributed by atoms with Gasteiger partial charge in [-0.15, -0.1) is 0 Å². The van der Waals surface area contributed by atoms with Crippen LogP contribution in [0.25, 0.3) is 5.69 Å². The summed E-state index contributed by atoms with van der Waals surface area (Å²) in [7, 11) is 0. The molecule has 1 N–H and O–H groups in total. The summed E-state index contributed by atoms with van der Waals surface area (Å²) in [6.07, 6.45) is 6.53. The van der Waals surface area contributed by atoms with E-state index in [-0.39, 0.29) is 0 Å². The number of aliphatic imine (C=N–C) groups is 1. The van der Waals surface area contributed by atoms with E-state index in [9.17, 15) is 0 Å². The van der Waals surface area contributed by atoms with E-state index < -0.39 is 0 Å². The minimum Gasteiger partial charge on any atom is -0.357 e. The van der Waals surface area contributed by atoms with Crippen LogP contribution in [0.15, 0.2) is 47.7 Å². The van der Waals surface area contributed by atoms with E-state index in [1.54, 1.807) is 0 Å². The first-order valence-corrected chi connectivity index (χ1v) is 8.88. The minimum atomic E-state index is 0.653. The Morgan fingerprint density at radius 2 is 2.17 bits per heavy atom. The number of hydrogen-bond donors (Lipinski definition) is 1. The molecule has 1 aliphatic rings. The van der Waals surface area contributed by atoms with Crippen molar-refractivity contribution in [1.82, 2.24) is 20.0 Å². The summed E-state index contributed by atoms with van der Waals surface area (Å²) < 4.78 is 1.90. The number of aromatic nitrogens is 2. The van der Waals surface area contributed by atoms with E-state index >= 15 is 0 Å². The normalized spacial score (nSPS) is 18.7. The van der Waals surface area contributed by atoms with Crippen molar-refractivity contribution in [2.24, 2.45) is 10.9 Å². The topological polar surface area (TPSA) is 45.5 Å². The molecule has 0 bridgehead atoms. The summed E-state index contributed by atoms with van der Waals surface area (Å²) >= 11 is 0. The predicted octanol–water partition coefficient (Wildman–Crippen LogP) is 3.07. The number of piperidine rings is 1. The van der Waals surface area contributed by atoms with Gasteiger partial charge in [-0.1, -0.05) is 25.1 Å². The Kier molecular flexibility index (Phi) is 5.51. The van der Waals surface area contributed by atoms with Crippen LogP contribution < -0.4 is 5.32 Å². The fraction of sp³-hybridized carbons (Fsp3) is 0.474. The summed E-state index contributed by atoms with van der Waals surface area (Å²) in [5.41, 5.74) is 2.20. The van der Waals surface area contributed by atoms with Gasteiger partial charge >= 0.3 is 0 Å². The number of rotatable bonds is 4. The number of guanidine groups is 1. The lowest BCUT2D eigenvalue weighted by molar-refractivity contribution is 0.266. The maximum atomic E-state index is 4.83. The van der Waals surface area contributed by atoms with Crippen molar-refractivity contribution in [3.05, 3.63) is 48.3 Å². The summed E-state index contributed by atoms with van der Waals surface area (Å²) in [5, 5.41) is 7.88. The number of nitrogens with zero attached hydrogens (tertiary/aromatic N) is 4. The van der Waals surface area contributed by atoms with Gasteiger partial charge in [0.25, 0.3) is 0 Å². The van der Waals surface area contributed by atoms with E-state index in [2.05, 4.69) is 47.5 Å². The molecule has 1 aliphatic heterocycles. The molecule has 5 heteroatoms. The number of nitrogens with one attached hydrogen (secondary N) is 1. The highest BCUT2D eigenvalue weighted by molar-refractivity contribution is 5.80. The molecule has 0 aliphatic carbocycles. The van der Waals surface area contributed by atoms with E-state index in [1.807, 2.05) is 29.1 Å². The second-order valence-electron chi connectivity index (χ2n) is 6.49. The highest BCUT2D eigenvalue weighted by Gasteiger charge is 2.19. The van der Waals surface area contributed by atoms with Crippen LogP contribution in [0.3, 0.4) is 0 Å². The summed E-state index contributed by atoms with van der Waals surface area (Å²) in [4.78, 5) is 7.22. The van der Waals surface area contributed by atoms with Gasteiger partial charge in [0, 0.05) is 31.4 Å². The molecule has 0 spiro atoms. The van der Waals surface area contributed by atoms with Crippen LogP contribution in [0, 0.1) is 5.92 Å². The van der Waals surface area contributed by atoms with Crippen LogP contribution in [0.1, 0.15) is 32.3 Å². The van der Waals surface area contributed by atoms with Crippen LogP contribution in [0.4, 0.5) is 0 Å². The second-order valence-corrected chi connectivity index (χ2v) is 6.49. The standard InChI is InChI=1S/C19H27N5/c1-3-20-19(23-11-7-8-16(2)14-23)21-12-17-13-22-24(15-17)18-9-5-4-6-10-18/h4-6,9-10,13,15-16H,3,7-8,11-12,14H2,1-2H3,(H,20,21). The largest absolute Gasteiger partial charge is 0.357 e. The van der Waals surface area contributed by atoms with Crippen molar-refractivity contribution < 1.29 is 0 Å². The Labute approximate surface area is 144 Å². The fourth-order valence-corrected chi connectivity index (χ4v) is 3.14. The molecular formula is C19H27N5. The van der Waals surface area contributed by atoms with Crippen LogP contribution in [0.2, 0.25) is 0 Å². The Morgan fingerprint density at radius 1 is 1.33 bits per heavy atom. The van der Waals surface area contributed by atoms with Gasteiger partial charge in [-0.2, -0.15) is 5.10 Å². The third kappa shape index (κ3) is 4.16. The molecule has 1 unspecified atom stereocenters. The molecule has 2 heterocycles. The van der Waals surface area contributed by atoms with Crippen molar-refractivity contribution in [2.45, 2.75) is 33.2 Å². The quantitative estimate of drug-likeness (QED) is 0.694. The average molecular weight is 325 g/mol. The molecule has 1 atom stereocenters. The summed E-state index contributed by atoms with van der Waals surface area (Å²) in [6, 6.07) is 10.2. The van der Waals surface area contributed by atoms with Gasteiger partial charge in [0.15, 0.2) is 5.96 Å². The SMILES string of the molecule is CCNC(=NCc1cnn(-c2ccccc2)c1)N1CCCC(C)C1. The number of para-hydroxylation sites is 1. The first-order valence-electron chi connectivity index (χ1n) is 8.88. The molecule has 3 rings (SSSR count). The number of benzene rings is 1. The Balaban J connectivity index is 1.69. The minimum absolute atomic E-state index is 0.653.